The lowest BCUT2D eigenvalue weighted by atomic mass is 9.87. The molecule has 0 spiro atoms. The van der Waals surface area contributed by atoms with E-state index in [-0.39, 0.29) is 12.4 Å². The highest BCUT2D eigenvalue weighted by Gasteiger charge is 2.21. The van der Waals surface area contributed by atoms with Crippen molar-refractivity contribution in [1.29, 1.82) is 0 Å². The van der Waals surface area contributed by atoms with Crippen LogP contribution in [0.25, 0.3) is 0 Å². The number of piperidine rings is 1. The largest absolute Gasteiger partial charge is 0.310 e. The van der Waals surface area contributed by atoms with E-state index in [1.165, 1.54) is 30.5 Å². The zero-order chi connectivity index (χ0) is 9.97. The molecule has 0 radical (unpaired) electrons. The average molecular weight is 226 g/mol. The number of rotatable bonds is 1. The third-order valence-electron chi connectivity index (χ3n) is 3.17. The lowest BCUT2D eigenvalue weighted by Gasteiger charge is -2.30. The molecule has 2 heteroatoms. The van der Waals surface area contributed by atoms with E-state index in [0.29, 0.717) is 6.04 Å². The summed E-state index contributed by atoms with van der Waals surface area (Å²) in [4.78, 5) is 0. The molecule has 0 bridgehead atoms. The fourth-order valence-electron chi connectivity index (χ4n) is 2.36. The van der Waals surface area contributed by atoms with E-state index in [1.54, 1.807) is 0 Å². The SMILES string of the molecule is Cc1cccc([C@H]2NCCC[C@H]2C)c1.Cl. The van der Waals surface area contributed by atoms with Gasteiger partial charge in [0.2, 0.25) is 0 Å². The van der Waals surface area contributed by atoms with E-state index in [9.17, 15) is 0 Å². The van der Waals surface area contributed by atoms with Crippen LogP contribution in [0.1, 0.15) is 36.9 Å². The van der Waals surface area contributed by atoms with E-state index in [4.69, 9.17) is 0 Å². The Balaban J connectivity index is 0.00000112. The first-order chi connectivity index (χ1) is 6.77. The molecule has 0 aliphatic carbocycles. The Hall–Kier alpha value is -0.530. The summed E-state index contributed by atoms with van der Waals surface area (Å²) >= 11 is 0. The van der Waals surface area contributed by atoms with Crippen LogP contribution in [0.3, 0.4) is 0 Å². The number of hydrogen-bond donors (Lipinski definition) is 1. The second kappa shape index (κ2) is 5.53. The van der Waals surface area contributed by atoms with Gasteiger partial charge in [0.1, 0.15) is 0 Å². The summed E-state index contributed by atoms with van der Waals surface area (Å²) in [6, 6.07) is 9.44. The number of hydrogen-bond acceptors (Lipinski definition) is 1. The van der Waals surface area contributed by atoms with Gasteiger partial charge < -0.3 is 5.32 Å². The molecule has 1 nitrogen and oxygen atoms in total. The van der Waals surface area contributed by atoms with E-state index in [1.807, 2.05) is 0 Å². The molecular formula is C13H20ClN. The highest BCUT2D eigenvalue weighted by atomic mass is 35.5. The third kappa shape index (κ3) is 2.96. The fourth-order valence-corrected chi connectivity index (χ4v) is 2.36. The van der Waals surface area contributed by atoms with Gasteiger partial charge in [-0.2, -0.15) is 0 Å². The van der Waals surface area contributed by atoms with Gasteiger partial charge >= 0.3 is 0 Å². The fraction of sp³-hybridized carbons (Fsp3) is 0.538. The minimum Gasteiger partial charge on any atom is -0.310 e. The maximum absolute atomic E-state index is 3.61. The molecule has 15 heavy (non-hydrogen) atoms. The molecule has 0 unspecified atom stereocenters. The van der Waals surface area contributed by atoms with Crippen LogP contribution in [0.5, 0.6) is 0 Å². The Bertz CT molecular complexity index is 311. The Morgan fingerprint density at radius 3 is 2.80 bits per heavy atom. The minimum atomic E-state index is 0. The lowest BCUT2D eigenvalue weighted by Crippen LogP contribution is -2.32. The lowest BCUT2D eigenvalue weighted by molar-refractivity contribution is 0.306. The van der Waals surface area contributed by atoms with E-state index >= 15 is 0 Å². The van der Waals surface area contributed by atoms with E-state index < -0.39 is 0 Å². The molecule has 1 heterocycles. The number of halogens is 1. The predicted molar refractivity (Wildman–Crippen MR) is 67.6 cm³/mol. The van der Waals surface area contributed by atoms with Crippen LogP contribution >= 0.6 is 12.4 Å². The van der Waals surface area contributed by atoms with Crippen molar-refractivity contribution >= 4 is 12.4 Å². The summed E-state index contributed by atoms with van der Waals surface area (Å²) < 4.78 is 0. The highest BCUT2D eigenvalue weighted by Crippen LogP contribution is 2.28. The molecule has 1 aliphatic heterocycles. The molecule has 0 saturated carbocycles. The molecule has 1 fully saturated rings. The van der Waals surface area contributed by atoms with Crippen LogP contribution in [0.4, 0.5) is 0 Å². The molecule has 2 rings (SSSR count). The van der Waals surface area contributed by atoms with Crippen LogP contribution in [0.2, 0.25) is 0 Å². The Labute approximate surface area is 98.7 Å². The molecule has 1 aromatic rings. The topological polar surface area (TPSA) is 12.0 Å². The first-order valence-electron chi connectivity index (χ1n) is 5.57. The normalized spacial score (nSPS) is 25.7. The Morgan fingerprint density at radius 1 is 1.33 bits per heavy atom. The summed E-state index contributed by atoms with van der Waals surface area (Å²) in [5.74, 6) is 0.769. The molecule has 0 amide bonds. The van der Waals surface area contributed by atoms with Crippen molar-refractivity contribution in [2.24, 2.45) is 5.92 Å². The van der Waals surface area contributed by atoms with Crippen LogP contribution in [0, 0.1) is 12.8 Å². The maximum Gasteiger partial charge on any atom is 0.0346 e. The van der Waals surface area contributed by atoms with Gasteiger partial charge in [-0.1, -0.05) is 36.8 Å². The van der Waals surface area contributed by atoms with Crippen molar-refractivity contribution in [2.45, 2.75) is 32.7 Å². The van der Waals surface area contributed by atoms with Gasteiger partial charge in [0.15, 0.2) is 0 Å². The molecule has 0 aromatic heterocycles. The number of nitrogens with one attached hydrogen (secondary N) is 1. The molecule has 1 aliphatic rings. The van der Waals surface area contributed by atoms with Crippen molar-refractivity contribution in [3.8, 4) is 0 Å². The smallest absolute Gasteiger partial charge is 0.0346 e. The van der Waals surface area contributed by atoms with Crippen molar-refractivity contribution in [3.63, 3.8) is 0 Å². The van der Waals surface area contributed by atoms with Crippen molar-refractivity contribution in [2.75, 3.05) is 6.54 Å². The van der Waals surface area contributed by atoms with Crippen molar-refractivity contribution in [1.82, 2.24) is 5.32 Å². The second-order valence-corrected chi connectivity index (χ2v) is 4.47. The van der Waals surface area contributed by atoms with E-state index in [0.717, 1.165) is 5.92 Å². The molecule has 84 valence electrons. The summed E-state index contributed by atoms with van der Waals surface area (Å²) in [6.07, 6.45) is 2.68. The zero-order valence-electron chi connectivity index (χ0n) is 9.49. The molecule has 1 saturated heterocycles. The number of aryl methyl sites for hydroxylation is 1. The number of benzene rings is 1. The van der Waals surface area contributed by atoms with Gasteiger partial charge in [0, 0.05) is 6.04 Å². The van der Waals surface area contributed by atoms with Gasteiger partial charge in [-0.3, -0.25) is 0 Å². The van der Waals surface area contributed by atoms with Gasteiger partial charge in [0.25, 0.3) is 0 Å². The quantitative estimate of drug-likeness (QED) is 0.772. The van der Waals surface area contributed by atoms with Crippen LogP contribution < -0.4 is 5.32 Å². The minimum absolute atomic E-state index is 0. The molecule has 1 N–H and O–H groups in total. The highest BCUT2D eigenvalue weighted by molar-refractivity contribution is 5.85. The third-order valence-corrected chi connectivity index (χ3v) is 3.17. The van der Waals surface area contributed by atoms with E-state index in [2.05, 4.69) is 43.4 Å². The van der Waals surface area contributed by atoms with Crippen LogP contribution in [-0.2, 0) is 0 Å². The molecular weight excluding hydrogens is 206 g/mol. The monoisotopic (exact) mass is 225 g/mol. The van der Waals surface area contributed by atoms with Crippen LogP contribution in [0.15, 0.2) is 24.3 Å². The van der Waals surface area contributed by atoms with Crippen molar-refractivity contribution in [3.05, 3.63) is 35.4 Å². The summed E-state index contributed by atoms with van der Waals surface area (Å²) in [5.41, 5.74) is 2.82. The van der Waals surface area contributed by atoms with Gasteiger partial charge in [0.05, 0.1) is 0 Å². The first kappa shape index (κ1) is 12.5. The summed E-state index contributed by atoms with van der Waals surface area (Å²) in [7, 11) is 0. The predicted octanol–water partition coefficient (Wildman–Crippen LogP) is 3.48. The molecule has 1 aromatic carbocycles. The second-order valence-electron chi connectivity index (χ2n) is 4.47. The maximum atomic E-state index is 3.61. The van der Waals surface area contributed by atoms with Crippen molar-refractivity contribution < 1.29 is 0 Å². The van der Waals surface area contributed by atoms with Crippen LogP contribution in [-0.4, -0.2) is 6.54 Å². The standard InChI is InChI=1S/C13H19N.ClH/c1-10-5-3-7-12(9-10)13-11(2)6-4-8-14-13;/h3,5,7,9,11,13-14H,4,6,8H2,1-2H3;1H/t11-,13+;/m1./s1. The average Bonchev–Trinajstić information content (AvgIpc) is 2.18. The van der Waals surface area contributed by atoms with Gasteiger partial charge in [-0.05, 0) is 37.8 Å². The van der Waals surface area contributed by atoms with Gasteiger partial charge in [-0.15, -0.1) is 12.4 Å². The summed E-state index contributed by atoms with van der Waals surface area (Å²) in [5, 5.41) is 3.61. The van der Waals surface area contributed by atoms with Gasteiger partial charge in [-0.25, -0.2) is 0 Å². The first-order valence-corrected chi connectivity index (χ1v) is 5.57. The Kier molecular flexibility index (Phi) is 4.62. The Morgan fingerprint density at radius 2 is 2.13 bits per heavy atom. The molecule has 2 atom stereocenters. The zero-order valence-corrected chi connectivity index (χ0v) is 10.3. The summed E-state index contributed by atoms with van der Waals surface area (Å²) in [6.45, 7) is 5.68.